The van der Waals surface area contributed by atoms with Gasteiger partial charge in [0.2, 0.25) is 12.3 Å². The van der Waals surface area contributed by atoms with Crippen molar-refractivity contribution in [2.45, 2.75) is 45.9 Å². The number of carbonyl (C=O) groups is 2. The van der Waals surface area contributed by atoms with Crippen LogP contribution in [0.15, 0.2) is 30.5 Å². The smallest absolute Gasteiger partial charge is 0.340 e. The van der Waals surface area contributed by atoms with Crippen LogP contribution in [0.2, 0.25) is 0 Å². The summed E-state index contributed by atoms with van der Waals surface area (Å²) in [6.45, 7) is 5.20. The molecule has 0 saturated heterocycles. The third-order valence-electron chi connectivity index (χ3n) is 5.71. The molecule has 0 aliphatic heterocycles. The van der Waals surface area contributed by atoms with Crippen LogP contribution in [-0.2, 0) is 25.4 Å². The van der Waals surface area contributed by atoms with Gasteiger partial charge in [0.25, 0.3) is 0 Å². The van der Waals surface area contributed by atoms with Gasteiger partial charge in [0.05, 0.1) is 25.7 Å². The van der Waals surface area contributed by atoms with E-state index in [2.05, 4.69) is 4.98 Å². The van der Waals surface area contributed by atoms with Gasteiger partial charge < -0.3 is 23.9 Å². The average molecular weight is 477 g/mol. The minimum Gasteiger partial charge on any atom is -0.497 e. The van der Waals surface area contributed by atoms with Crippen LogP contribution in [0, 0.1) is 15.5 Å². The summed E-state index contributed by atoms with van der Waals surface area (Å²) in [5, 5.41) is 12.1. The minimum atomic E-state index is -1.14. The summed E-state index contributed by atoms with van der Waals surface area (Å²) in [6, 6.07) is 5.88. The van der Waals surface area contributed by atoms with Crippen LogP contribution < -0.4 is 4.74 Å². The maximum Gasteiger partial charge on any atom is 0.340 e. The Balaban J connectivity index is 2.48. The van der Waals surface area contributed by atoms with Crippen LogP contribution in [-0.4, -0.2) is 61.9 Å². The van der Waals surface area contributed by atoms with Gasteiger partial charge >= 0.3 is 5.97 Å². The number of aromatic amines is 1. The fraction of sp³-hybridized carbons (Fsp3) is 0.500. The van der Waals surface area contributed by atoms with E-state index in [4.69, 9.17) is 18.9 Å². The van der Waals surface area contributed by atoms with E-state index in [0.29, 0.717) is 22.6 Å². The van der Waals surface area contributed by atoms with Crippen LogP contribution in [0.5, 0.6) is 5.75 Å². The first-order valence-corrected chi connectivity index (χ1v) is 10.8. The summed E-state index contributed by atoms with van der Waals surface area (Å²) in [7, 11) is 4.21. The molecule has 1 N–H and O–H groups in total. The first kappa shape index (κ1) is 27.0. The lowest BCUT2D eigenvalue weighted by atomic mass is 9.77. The predicted molar refractivity (Wildman–Crippen MR) is 124 cm³/mol. The first-order chi connectivity index (χ1) is 16.1. The second-order valence-electron chi connectivity index (χ2n) is 8.45. The lowest BCUT2D eigenvalue weighted by Gasteiger charge is -2.28. The molecule has 0 bridgehead atoms. The number of nitrogens with zero attached hydrogens (tertiary/aromatic N) is 1. The highest BCUT2D eigenvalue weighted by molar-refractivity contribution is 5.98. The van der Waals surface area contributed by atoms with E-state index in [9.17, 15) is 19.7 Å². The molecule has 0 fully saturated rings. The molecule has 0 spiro atoms. The van der Waals surface area contributed by atoms with Crippen molar-refractivity contribution in [2.75, 3.05) is 27.9 Å². The number of hydrogen-bond acceptors (Lipinski definition) is 8. The van der Waals surface area contributed by atoms with Crippen molar-refractivity contribution in [3.63, 3.8) is 0 Å². The Hall–Kier alpha value is -3.24. The number of benzene rings is 1. The number of rotatable bonds is 13. The molecule has 1 atom stereocenters. The zero-order valence-corrected chi connectivity index (χ0v) is 20.4. The molecule has 1 aromatic carbocycles. The third kappa shape index (κ3) is 6.21. The Morgan fingerprint density at radius 1 is 1.12 bits per heavy atom. The van der Waals surface area contributed by atoms with E-state index in [1.54, 1.807) is 52.1 Å². The number of H-pyrrole nitrogens is 1. The predicted octanol–water partition coefficient (Wildman–Crippen LogP) is 3.66. The molecule has 10 nitrogen and oxygen atoms in total. The van der Waals surface area contributed by atoms with Crippen LogP contribution in [0.4, 0.5) is 0 Å². The topological polar surface area (TPSA) is 130 Å². The number of esters is 1. The summed E-state index contributed by atoms with van der Waals surface area (Å²) in [5.41, 5.74) is 0.918. The number of ketones is 1. The van der Waals surface area contributed by atoms with Gasteiger partial charge in [0.1, 0.15) is 5.75 Å². The lowest BCUT2D eigenvalue weighted by Crippen LogP contribution is -2.42. The Labute approximate surface area is 198 Å². The normalized spacial score (nSPS) is 12.4. The lowest BCUT2D eigenvalue weighted by molar-refractivity contribution is -0.540. The second-order valence-corrected chi connectivity index (χ2v) is 8.45. The van der Waals surface area contributed by atoms with Crippen LogP contribution in [0.1, 0.15) is 43.2 Å². The Bertz CT molecular complexity index is 993. The third-order valence-corrected chi connectivity index (χ3v) is 5.71. The summed E-state index contributed by atoms with van der Waals surface area (Å²) < 4.78 is 20.4. The van der Waals surface area contributed by atoms with Crippen molar-refractivity contribution in [3.8, 4) is 16.9 Å². The fourth-order valence-corrected chi connectivity index (χ4v) is 3.92. The van der Waals surface area contributed by atoms with Crippen LogP contribution >= 0.6 is 0 Å². The Morgan fingerprint density at radius 3 is 2.24 bits per heavy atom. The van der Waals surface area contributed by atoms with Gasteiger partial charge in [0.15, 0.2) is 5.78 Å². The fourth-order valence-electron chi connectivity index (χ4n) is 3.92. The summed E-state index contributed by atoms with van der Waals surface area (Å²) in [6.07, 6.45) is 0.225. The van der Waals surface area contributed by atoms with E-state index < -0.39 is 34.4 Å². The number of carbonyl (C=O) groups excluding carboxylic acids is 2. The van der Waals surface area contributed by atoms with E-state index >= 15 is 0 Å². The average Bonchev–Trinajstić information content (AvgIpc) is 3.21. The molecule has 0 radical (unpaired) electrons. The number of nitrogens with one attached hydrogen (secondary N) is 1. The molecule has 0 aliphatic rings. The van der Waals surface area contributed by atoms with Crippen molar-refractivity contribution >= 4 is 11.8 Å². The summed E-state index contributed by atoms with van der Waals surface area (Å²) >= 11 is 0. The largest absolute Gasteiger partial charge is 0.497 e. The SMILES string of the molecule is CCOC(=O)c1c[nH]c(CC([N+](=O)[O-])C(C)(C)CC(=O)C(OC)OC)c1-c1ccc(OC)cc1. The Morgan fingerprint density at radius 2 is 1.74 bits per heavy atom. The second kappa shape index (κ2) is 11.8. The van der Waals surface area contributed by atoms with E-state index in [1.165, 1.54) is 20.4 Å². The van der Waals surface area contributed by atoms with Gasteiger partial charge in [-0.1, -0.05) is 26.0 Å². The molecule has 10 heteroatoms. The minimum absolute atomic E-state index is 0.0430. The number of ether oxygens (including phenoxy) is 4. The monoisotopic (exact) mass is 476 g/mol. The van der Waals surface area contributed by atoms with Gasteiger partial charge in [-0.15, -0.1) is 0 Å². The standard InChI is InChI=1S/C24H32N2O8/c1-7-34-22(28)17-14-25-18(21(17)15-8-10-16(31-4)11-9-15)12-20(26(29)30)24(2,3)13-19(27)23(32-5)33-6/h8-11,14,20,23,25H,7,12-13H2,1-6H3. The van der Waals surface area contributed by atoms with Crippen LogP contribution in [0.25, 0.3) is 11.1 Å². The van der Waals surface area contributed by atoms with E-state index in [0.717, 1.165) is 0 Å². The van der Waals surface area contributed by atoms with E-state index in [1.807, 2.05) is 0 Å². The molecular weight excluding hydrogens is 444 g/mol. The van der Waals surface area contributed by atoms with E-state index in [-0.39, 0.29) is 25.0 Å². The molecule has 0 amide bonds. The number of hydrogen-bond donors (Lipinski definition) is 1. The molecule has 2 aromatic rings. The quantitative estimate of drug-likeness (QED) is 0.201. The van der Waals surface area contributed by atoms with Crippen molar-refractivity contribution in [1.29, 1.82) is 0 Å². The maximum atomic E-state index is 12.6. The zero-order valence-electron chi connectivity index (χ0n) is 20.4. The highest BCUT2D eigenvalue weighted by Crippen LogP contribution is 2.35. The van der Waals surface area contributed by atoms with Gasteiger partial charge in [-0.05, 0) is 24.6 Å². The van der Waals surface area contributed by atoms with Crippen molar-refractivity contribution in [2.24, 2.45) is 5.41 Å². The van der Waals surface area contributed by atoms with Crippen LogP contribution in [0.3, 0.4) is 0 Å². The van der Waals surface area contributed by atoms with Gasteiger partial charge in [-0.25, -0.2) is 4.79 Å². The Kier molecular flexibility index (Phi) is 9.34. The van der Waals surface area contributed by atoms with Crippen molar-refractivity contribution in [1.82, 2.24) is 4.98 Å². The number of Topliss-reactive ketones (excluding diaryl/α,β-unsaturated/α-hetero) is 1. The van der Waals surface area contributed by atoms with Crippen molar-refractivity contribution in [3.05, 3.63) is 51.8 Å². The number of aromatic nitrogens is 1. The molecule has 2 rings (SSSR count). The first-order valence-electron chi connectivity index (χ1n) is 10.8. The molecule has 1 aromatic heterocycles. The highest BCUT2D eigenvalue weighted by Gasteiger charge is 2.43. The maximum absolute atomic E-state index is 12.6. The number of nitro groups is 1. The molecule has 34 heavy (non-hydrogen) atoms. The molecule has 0 aliphatic carbocycles. The summed E-state index contributed by atoms with van der Waals surface area (Å²) in [4.78, 5) is 39.9. The zero-order chi connectivity index (χ0) is 25.5. The van der Waals surface area contributed by atoms with Gasteiger partial charge in [-0.3, -0.25) is 14.9 Å². The molecule has 186 valence electrons. The number of methoxy groups -OCH3 is 3. The van der Waals surface area contributed by atoms with Gasteiger partial charge in [0, 0.05) is 48.4 Å². The summed E-state index contributed by atoms with van der Waals surface area (Å²) in [5.74, 6) is -0.297. The highest BCUT2D eigenvalue weighted by atomic mass is 16.7. The molecule has 0 saturated carbocycles. The van der Waals surface area contributed by atoms with Crippen molar-refractivity contribution < 1.29 is 33.5 Å². The molecular formula is C24H32N2O8. The van der Waals surface area contributed by atoms with Gasteiger partial charge in [-0.2, -0.15) is 0 Å². The molecule has 1 unspecified atom stereocenters. The molecule has 1 heterocycles.